The van der Waals surface area contributed by atoms with Gasteiger partial charge in [-0.25, -0.2) is 0 Å². The van der Waals surface area contributed by atoms with Crippen LogP contribution in [-0.4, -0.2) is 10.5 Å². The van der Waals surface area contributed by atoms with Gasteiger partial charge in [0.2, 0.25) is 0 Å². The largest absolute Gasteiger partial charge is 0.454 e. The van der Waals surface area contributed by atoms with Crippen LogP contribution in [0.5, 0.6) is 0 Å². The van der Waals surface area contributed by atoms with Crippen LogP contribution in [0, 0.1) is 0 Å². The Balaban J connectivity index is 1.80. The van der Waals surface area contributed by atoms with E-state index >= 15 is 0 Å². The van der Waals surface area contributed by atoms with Gasteiger partial charge in [0.25, 0.3) is 11.5 Å². The number of aromatic nitrogens is 1. The second-order valence-corrected chi connectivity index (χ2v) is 8.29. The number of pyridine rings is 1. The fourth-order valence-corrected chi connectivity index (χ4v) is 4.37. The van der Waals surface area contributed by atoms with Crippen molar-refractivity contribution in [2.45, 2.75) is 24.8 Å². The van der Waals surface area contributed by atoms with Crippen molar-refractivity contribution in [2.75, 3.05) is 0 Å². The summed E-state index contributed by atoms with van der Waals surface area (Å²) in [4.78, 5) is 25.2. The zero-order chi connectivity index (χ0) is 21.8. The molecule has 31 heavy (non-hydrogen) atoms. The summed E-state index contributed by atoms with van der Waals surface area (Å²) in [5, 5.41) is 0.346. The van der Waals surface area contributed by atoms with Crippen LogP contribution in [0.2, 0.25) is 0 Å². The SMILES string of the molecule is Cn1cc(C(N)=O)c2oc(-c3ccc(C4(N)CCC4)cc3)c(-c3ccccc3)c2c1=O. The van der Waals surface area contributed by atoms with E-state index in [1.807, 2.05) is 54.6 Å². The summed E-state index contributed by atoms with van der Waals surface area (Å²) >= 11 is 0. The average Bonchev–Trinajstić information content (AvgIpc) is 3.16. The highest BCUT2D eigenvalue weighted by Crippen LogP contribution is 2.42. The summed E-state index contributed by atoms with van der Waals surface area (Å²) in [7, 11) is 1.60. The number of aryl methyl sites for hydroxylation is 1. The van der Waals surface area contributed by atoms with Crippen molar-refractivity contribution in [3.05, 3.63) is 82.3 Å². The van der Waals surface area contributed by atoms with Crippen LogP contribution in [0.1, 0.15) is 35.2 Å². The number of carbonyl (C=O) groups excluding carboxylic acids is 1. The fourth-order valence-electron chi connectivity index (χ4n) is 4.37. The van der Waals surface area contributed by atoms with Gasteiger partial charge in [0.05, 0.1) is 10.9 Å². The van der Waals surface area contributed by atoms with Crippen molar-refractivity contribution in [3.63, 3.8) is 0 Å². The normalized spacial score (nSPS) is 15.0. The summed E-state index contributed by atoms with van der Waals surface area (Å²) in [6.45, 7) is 0. The Morgan fingerprint density at radius 2 is 1.71 bits per heavy atom. The highest BCUT2D eigenvalue weighted by atomic mass is 16.3. The van der Waals surface area contributed by atoms with E-state index in [1.165, 1.54) is 10.8 Å². The van der Waals surface area contributed by atoms with E-state index < -0.39 is 5.91 Å². The molecule has 4 N–H and O–H groups in total. The monoisotopic (exact) mass is 413 g/mol. The van der Waals surface area contributed by atoms with Gasteiger partial charge in [-0.2, -0.15) is 0 Å². The number of nitrogens with two attached hydrogens (primary N) is 2. The van der Waals surface area contributed by atoms with E-state index in [2.05, 4.69) is 0 Å². The first-order valence-electron chi connectivity index (χ1n) is 10.3. The van der Waals surface area contributed by atoms with Crippen molar-refractivity contribution < 1.29 is 9.21 Å². The smallest absolute Gasteiger partial charge is 0.262 e. The first kappa shape index (κ1) is 19.3. The molecule has 6 heteroatoms. The highest BCUT2D eigenvalue weighted by molar-refractivity contribution is 6.10. The van der Waals surface area contributed by atoms with Crippen molar-refractivity contribution in [3.8, 4) is 22.5 Å². The second-order valence-electron chi connectivity index (χ2n) is 8.29. The van der Waals surface area contributed by atoms with Gasteiger partial charge in [-0.3, -0.25) is 9.59 Å². The van der Waals surface area contributed by atoms with Crippen LogP contribution in [0.3, 0.4) is 0 Å². The molecule has 0 aliphatic heterocycles. The third-order valence-corrected chi connectivity index (χ3v) is 6.31. The Bertz CT molecular complexity index is 1360. The Hall–Kier alpha value is -3.64. The zero-order valence-electron chi connectivity index (χ0n) is 17.2. The summed E-state index contributed by atoms with van der Waals surface area (Å²) in [5.41, 5.74) is 15.3. The van der Waals surface area contributed by atoms with Crippen molar-refractivity contribution >= 4 is 16.9 Å². The topological polar surface area (TPSA) is 104 Å². The zero-order valence-corrected chi connectivity index (χ0v) is 17.2. The van der Waals surface area contributed by atoms with Gasteiger partial charge in [-0.15, -0.1) is 0 Å². The van der Waals surface area contributed by atoms with Crippen LogP contribution in [0.15, 0.2) is 70.0 Å². The Morgan fingerprint density at radius 1 is 1.03 bits per heavy atom. The third kappa shape index (κ3) is 2.99. The van der Waals surface area contributed by atoms with Crippen LogP contribution in [0.25, 0.3) is 33.4 Å². The molecule has 0 unspecified atom stereocenters. The molecule has 0 saturated heterocycles. The van der Waals surface area contributed by atoms with Crippen molar-refractivity contribution in [1.29, 1.82) is 0 Å². The molecule has 0 atom stereocenters. The molecular weight excluding hydrogens is 390 g/mol. The second kappa shape index (κ2) is 6.96. The molecule has 156 valence electrons. The molecule has 1 fully saturated rings. The van der Waals surface area contributed by atoms with Gasteiger partial charge in [-0.1, -0.05) is 54.6 Å². The maximum atomic E-state index is 13.1. The number of amides is 1. The quantitative estimate of drug-likeness (QED) is 0.529. The number of carbonyl (C=O) groups is 1. The lowest BCUT2D eigenvalue weighted by Gasteiger charge is -2.38. The summed E-state index contributed by atoms with van der Waals surface area (Å²) in [6, 6.07) is 17.5. The number of rotatable bonds is 4. The molecule has 2 heterocycles. The Morgan fingerprint density at radius 3 is 2.29 bits per heavy atom. The lowest BCUT2D eigenvalue weighted by Crippen LogP contribution is -2.43. The number of benzene rings is 2. The maximum Gasteiger partial charge on any atom is 0.262 e. The molecule has 0 radical (unpaired) electrons. The highest BCUT2D eigenvalue weighted by Gasteiger charge is 2.34. The first-order chi connectivity index (χ1) is 14.9. The summed E-state index contributed by atoms with van der Waals surface area (Å²) in [5.74, 6) is -0.121. The van der Waals surface area contributed by atoms with Crippen molar-refractivity contribution in [2.24, 2.45) is 18.5 Å². The number of nitrogens with zero attached hydrogens (tertiary/aromatic N) is 1. The standard InChI is InChI=1S/C25H23N3O3/c1-28-14-18(23(26)29)22-20(24(28)30)19(15-6-3-2-4-7-15)21(31-22)16-8-10-17(11-9-16)25(27)12-5-13-25/h2-4,6-11,14H,5,12-13,27H2,1H3,(H2,26,29). The van der Waals surface area contributed by atoms with E-state index in [4.69, 9.17) is 15.9 Å². The molecule has 2 aromatic carbocycles. The molecule has 6 nitrogen and oxygen atoms in total. The number of primary amides is 1. The van der Waals surface area contributed by atoms with Gasteiger partial charge < -0.3 is 20.5 Å². The predicted molar refractivity (Wildman–Crippen MR) is 121 cm³/mol. The molecule has 4 aromatic rings. The van der Waals surface area contributed by atoms with Crippen LogP contribution >= 0.6 is 0 Å². The number of hydrogen-bond acceptors (Lipinski definition) is 4. The van der Waals surface area contributed by atoms with E-state index in [1.54, 1.807) is 7.05 Å². The minimum Gasteiger partial charge on any atom is -0.454 e. The van der Waals surface area contributed by atoms with Crippen LogP contribution in [-0.2, 0) is 12.6 Å². The van der Waals surface area contributed by atoms with E-state index in [0.717, 1.165) is 36.0 Å². The van der Waals surface area contributed by atoms with Gasteiger partial charge in [0.15, 0.2) is 5.58 Å². The molecule has 1 saturated carbocycles. The fraction of sp³-hybridized carbons (Fsp3) is 0.200. The van der Waals surface area contributed by atoms with Gasteiger partial charge in [0.1, 0.15) is 5.76 Å². The van der Waals surface area contributed by atoms with Gasteiger partial charge >= 0.3 is 0 Å². The molecule has 1 aliphatic rings. The summed E-state index contributed by atoms with van der Waals surface area (Å²) < 4.78 is 7.56. The minimum absolute atomic E-state index is 0.174. The van der Waals surface area contributed by atoms with Crippen molar-refractivity contribution in [1.82, 2.24) is 4.57 Å². The molecule has 2 aromatic heterocycles. The lowest BCUT2D eigenvalue weighted by atomic mass is 9.72. The van der Waals surface area contributed by atoms with Crippen LogP contribution in [0.4, 0.5) is 0 Å². The van der Waals surface area contributed by atoms with Crippen LogP contribution < -0.4 is 17.0 Å². The lowest BCUT2D eigenvalue weighted by molar-refractivity contribution is 0.1000. The molecule has 1 aliphatic carbocycles. The molecule has 0 bridgehead atoms. The van der Waals surface area contributed by atoms with Gasteiger partial charge in [-0.05, 0) is 30.4 Å². The number of fused-ring (bicyclic) bond motifs is 1. The van der Waals surface area contributed by atoms with E-state index in [-0.39, 0.29) is 22.2 Å². The Labute approximate surface area is 179 Å². The number of furan rings is 1. The molecular formula is C25H23N3O3. The minimum atomic E-state index is -0.647. The Kier molecular flexibility index (Phi) is 4.34. The average molecular weight is 413 g/mol. The predicted octanol–water partition coefficient (Wildman–Crippen LogP) is 3.90. The number of hydrogen-bond donors (Lipinski definition) is 2. The maximum absolute atomic E-state index is 13.1. The third-order valence-electron chi connectivity index (χ3n) is 6.31. The van der Waals surface area contributed by atoms with E-state index in [9.17, 15) is 9.59 Å². The van der Waals surface area contributed by atoms with E-state index in [0.29, 0.717) is 16.7 Å². The van der Waals surface area contributed by atoms with Gasteiger partial charge in [0, 0.05) is 29.9 Å². The molecule has 5 rings (SSSR count). The molecule has 0 spiro atoms. The summed E-state index contributed by atoms with van der Waals surface area (Å²) in [6.07, 6.45) is 4.51. The first-order valence-corrected chi connectivity index (χ1v) is 10.3. The molecule has 1 amide bonds.